The number of nitrogens with zero attached hydrogens (tertiary/aromatic N) is 1. The van der Waals surface area contributed by atoms with E-state index in [9.17, 15) is 16.8 Å². The number of benzene rings is 2. The molecule has 0 radical (unpaired) electrons. The summed E-state index contributed by atoms with van der Waals surface area (Å²) in [6.07, 6.45) is 1.50. The molecule has 2 aromatic rings. The molecule has 1 aliphatic heterocycles. The van der Waals surface area contributed by atoms with Crippen LogP contribution in [0.5, 0.6) is 5.75 Å². The molecule has 1 heterocycles. The van der Waals surface area contributed by atoms with Crippen LogP contribution in [0, 0.1) is 6.92 Å². The van der Waals surface area contributed by atoms with E-state index in [0.29, 0.717) is 29.2 Å². The minimum absolute atomic E-state index is 0.00651. The molecular weight excluding hydrogens is 400 g/mol. The van der Waals surface area contributed by atoms with Gasteiger partial charge in [-0.15, -0.1) is 0 Å². The zero-order chi connectivity index (χ0) is 20.5. The molecule has 2 aromatic carbocycles. The molecule has 0 bridgehead atoms. The number of aryl methyl sites for hydroxylation is 2. The molecule has 1 aliphatic rings. The smallest absolute Gasteiger partial charge is 0.262 e. The molecular formula is C19H24N2O5S2. The van der Waals surface area contributed by atoms with E-state index in [1.165, 1.54) is 17.5 Å². The van der Waals surface area contributed by atoms with Crippen LogP contribution in [0.2, 0.25) is 0 Å². The summed E-state index contributed by atoms with van der Waals surface area (Å²) in [6.45, 7) is 3.69. The van der Waals surface area contributed by atoms with Gasteiger partial charge in [-0.05, 0) is 68.1 Å². The lowest BCUT2D eigenvalue weighted by molar-refractivity contribution is 0.414. The van der Waals surface area contributed by atoms with Crippen molar-refractivity contribution in [1.82, 2.24) is 0 Å². The van der Waals surface area contributed by atoms with Gasteiger partial charge in [0.2, 0.25) is 10.0 Å². The van der Waals surface area contributed by atoms with Crippen LogP contribution in [0.3, 0.4) is 0 Å². The fourth-order valence-corrected chi connectivity index (χ4v) is 5.78. The lowest BCUT2D eigenvalue weighted by Gasteiger charge is -2.30. The van der Waals surface area contributed by atoms with Crippen molar-refractivity contribution in [3.63, 3.8) is 0 Å². The van der Waals surface area contributed by atoms with Crippen molar-refractivity contribution in [2.45, 2.75) is 31.6 Å². The predicted octanol–water partition coefficient (Wildman–Crippen LogP) is 2.91. The van der Waals surface area contributed by atoms with Crippen LogP contribution in [0.4, 0.5) is 11.4 Å². The number of rotatable bonds is 6. The maximum atomic E-state index is 12.8. The number of fused-ring (bicyclic) bond motifs is 1. The lowest BCUT2D eigenvalue weighted by atomic mass is 10.0. The van der Waals surface area contributed by atoms with Crippen molar-refractivity contribution < 1.29 is 21.6 Å². The lowest BCUT2D eigenvalue weighted by Crippen LogP contribution is -2.36. The van der Waals surface area contributed by atoms with Gasteiger partial charge in [-0.3, -0.25) is 9.03 Å². The summed E-state index contributed by atoms with van der Waals surface area (Å²) in [5.41, 5.74) is 2.32. The molecule has 1 N–H and O–H groups in total. The zero-order valence-electron chi connectivity index (χ0n) is 16.1. The van der Waals surface area contributed by atoms with Crippen LogP contribution in [0.15, 0.2) is 41.3 Å². The minimum Gasteiger partial charge on any atom is -0.497 e. The summed E-state index contributed by atoms with van der Waals surface area (Å²) >= 11 is 0. The number of methoxy groups -OCH3 is 1. The number of nitrogens with one attached hydrogen (secondary N) is 1. The van der Waals surface area contributed by atoms with Crippen molar-refractivity contribution >= 4 is 31.4 Å². The Balaban J connectivity index is 1.97. The maximum absolute atomic E-state index is 12.8. The van der Waals surface area contributed by atoms with Gasteiger partial charge in [-0.25, -0.2) is 16.8 Å². The van der Waals surface area contributed by atoms with Crippen molar-refractivity contribution in [3.05, 3.63) is 47.5 Å². The summed E-state index contributed by atoms with van der Waals surface area (Å²) < 4.78 is 59.6. The van der Waals surface area contributed by atoms with Gasteiger partial charge in [0.1, 0.15) is 5.75 Å². The number of sulfonamides is 2. The van der Waals surface area contributed by atoms with Gasteiger partial charge in [0.25, 0.3) is 10.0 Å². The highest BCUT2D eigenvalue weighted by Crippen LogP contribution is 2.33. The Morgan fingerprint density at radius 3 is 2.50 bits per heavy atom. The summed E-state index contributed by atoms with van der Waals surface area (Å²) in [4.78, 5) is 0.143. The van der Waals surface area contributed by atoms with Gasteiger partial charge in [0.05, 0.1) is 29.1 Å². The third kappa shape index (κ3) is 3.95. The number of hydrogen-bond acceptors (Lipinski definition) is 5. The first-order chi connectivity index (χ1) is 13.2. The van der Waals surface area contributed by atoms with Crippen LogP contribution in [-0.4, -0.2) is 36.2 Å². The minimum atomic E-state index is -3.83. The highest BCUT2D eigenvalue weighted by molar-refractivity contribution is 7.93. The molecule has 0 saturated heterocycles. The van der Waals surface area contributed by atoms with E-state index < -0.39 is 20.0 Å². The zero-order valence-corrected chi connectivity index (χ0v) is 17.7. The summed E-state index contributed by atoms with van der Waals surface area (Å²) in [6, 6.07) is 9.77. The molecule has 0 amide bonds. The van der Waals surface area contributed by atoms with Crippen LogP contribution in [-0.2, 0) is 26.5 Å². The van der Waals surface area contributed by atoms with Gasteiger partial charge < -0.3 is 4.74 Å². The van der Waals surface area contributed by atoms with E-state index in [2.05, 4.69) is 4.72 Å². The van der Waals surface area contributed by atoms with Gasteiger partial charge in [-0.1, -0.05) is 6.07 Å². The van der Waals surface area contributed by atoms with E-state index in [1.807, 2.05) is 0 Å². The van der Waals surface area contributed by atoms with E-state index in [1.54, 1.807) is 44.2 Å². The van der Waals surface area contributed by atoms with Crippen molar-refractivity contribution in [2.24, 2.45) is 0 Å². The summed E-state index contributed by atoms with van der Waals surface area (Å²) in [5, 5.41) is 0. The first kappa shape index (κ1) is 20.5. The second-order valence-corrected chi connectivity index (χ2v) is 10.5. The molecule has 3 rings (SSSR count). The van der Waals surface area contributed by atoms with E-state index in [-0.39, 0.29) is 10.6 Å². The first-order valence-electron chi connectivity index (χ1n) is 8.99. The average Bonchev–Trinajstić information content (AvgIpc) is 2.66. The number of anilines is 2. The fourth-order valence-electron chi connectivity index (χ4n) is 3.31. The summed E-state index contributed by atoms with van der Waals surface area (Å²) in [5.74, 6) is 0.568. The molecule has 0 spiro atoms. The topological polar surface area (TPSA) is 92.8 Å². The van der Waals surface area contributed by atoms with Gasteiger partial charge >= 0.3 is 0 Å². The Labute approximate surface area is 166 Å². The Morgan fingerprint density at radius 2 is 1.86 bits per heavy atom. The molecule has 9 heteroatoms. The second-order valence-electron chi connectivity index (χ2n) is 6.66. The van der Waals surface area contributed by atoms with Gasteiger partial charge in [0, 0.05) is 6.54 Å². The molecule has 0 saturated carbocycles. The molecule has 152 valence electrons. The standard InChI is InChI=1S/C19H24N2O5S2/c1-4-27(22,23)21-11-5-6-15-7-8-16(13-18(15)21)20-28(24,25)19-10-9-17(26-3)12-14(19)2/h7-10,12-13,20H,4-6,11H2,1-3H3. The Hall–Kier alpha value is -2.26. The van der Waals surface area contributed by atoms with Crippen molar-refractivity contribution in [2.75, 3.05) is 28.4 Å². The average molecular weight is 425 g/mol. The largest absolute Gasteiger partial charge is 0.497 e. The van der Waals surface area contributed by atoms with Crippen molar-refractivity contribution in [3.8, 4) is 5.75 Å². The summed E-state index contributed by atoms with van der Waals surface area (Å²) in [7, 11) is -5.73. The third-order valence-corrected chi connectivity index (χ3v) is 8.11. The quantitative estimate of drug-likeness (QED) is 0.770. The van der Waals surface area contributed by atoms with E-state index >= 15 is 0 Å². The first-order valence-corrected chi connectivity index (χ1v) is 12.1. The number of hydrogen-bond donors (Lipinski definition) is 1. The van der Waals surface area contributed by atoms with Crippen LogP contribution < -0.4 is 13.8 Å². The fraction of sp³-hybridized carbons (Fsp3) is 0.368. The molecule has 0 fully saturated rings. The second kappa shape index (κ2) is 7.63. The molecule has 28 heavy (non-hydrogen) atoms. The normalized spacial score (nSPS) is 14.5. The Morgan fingerprint density at radius 1 is 1.11 bits per heavy atom. The Bertz CT molecular complexity index is 1100. The molecule has 0 aliphatic carbocycles. The van der Waals surface area contributed by atoms with Gasteiger partial charge in [0.15, 0.2) is 0 Å². The maximum Gasteiger partial charge on any atom is 0.262 e. The SMILES string of the molecule is CCS(=O)(=O)N1CCCc2ccc(NS(=O)(=O)c3ccc(OC)cc3C)cc21. The molecule has 0 atom stereocenters. The number of ether oxygens (including phenoxy) is 1. The highest BCUT2D eigenvalue weighted by atomic mass is 32.2. The molecule has 0 unspecified atom stereocenters. The van der Waals surface area contributed by atoms with E-state index in [4.69, 9.17) is 4.74 Å². The third-order valence-electron chi connectivity index (χ3n) is 4.79. The monoisotopic (exact) mass is 424 g/mol. The van der Waals surface area contributed by atoms with Crippen molar-refractivity contribution in [1.29, 1.82) is 0 Å². The molecule has 0 aromatic heterocycles. The highest BCUT2D eigenvalue weighted by Gasteiger charge is 2.27. The van der Waals surface area contributed by atoms with Crippen LogP contribution >= 0.6 is 0 Å². The van der Waals surface area contributed by atoms with Crippen LogP contribution in [0.25, 0.3) is 0 Å². The molecule has 7 nitrogen and oxygen atoms in total. The van der Waals surface area contributed by atoms with Crippen LogP contribution in [0.1, 0.15) is 24.5 Å². The Kier molecular flexibility index (Phi) is 5.58. The predicted molar refractivity (Wildman–Crippen MR) is 110 cm³/mol. The van der Waals surface area contributed by atoms with E-state index in [0.717, 1.165) is 18.4 Å². The van der Waals surface area contributed by atoms with Gasteiger partial charge in [-0.2, -0.15) is 0 Å².